The number of nitrogens with zero attached hydrogens (tertiary/aromatic N) is 2. The van der Waals surface area contributed by atoms with E-state index in [2.05, 4.69) is 4.98 Å². The van der Waals surface area contributed by atoms with E-state index in [-0.39, 0.29) is 39.1 Å². The minimum atomic E-state index is -3.91. The van der Waals surface area contributed by atoms with Gasteiger partial charge in [-0.1, -0.05) is 53.3 Å². The summed E-state index contributed by atoms with van der Waals surface area (Å²) in [6.07, 6.45) is 1.15. The van der Waals surface area contributed by atoms with E-state index in [1.807, 2.05) is 0 Å². The molecule has 12 heteroatoms. The third kappa shape index (κ3) is 5.06. The van der Waals surface area contributed by atoms with Crippen molar-refractivity contribution in [2.45, 2.75) is 22.1 Å². The van der Waals surface area contributed by atoms with E-state index in [9.17, 15) is 23.1 Å². The molecule has 0 aliphatic carbocycles. The number of nitrogens with two attached hydrogens (primary N) is 1. The second kappa shape index (κ2) is 10.9. The first-order valence-corrected chi connectivity index (χ1v) is 14.0. The van der Waals surface area contributed by atoms with Crippen molar-refractivity contribution in [3.05, 3.63) is 106 Å². The van der Waals surface area contributed by atoms with Gasteiger partial charge in [-0.25, -0.2) is 13.4 Å². The fraction of sp³-hybridized carbons (Fsp3) is 0.0741. The highest BCUT2D eigenvalue weighted by Crippen LogP contribution is 2.45. The lowest BCUT2D eigenvalue weighted by Crippen LogP contribution is -2.29. The van der Waals surface area contributed by atoms with Gasteiger partial charge in [0, 0.05) is 16.3 Å². The Kier molecular flexibility index (Phi) is 7.89. The van der Waals surface area contributed by atoms with E-state index in [0.717, 1.165) is 22.4 Å². The number of hydrogen-bond acceptors (Lipinski definition) is 8. The van der Waals surface area contributed by atoms with Gasteiger partial charge in [0.2, 0.25) is 9.84 Å². The molecule has 0 radical (unpaired) electrons. The van der Waals surface area contributed by atoms with Crippen LogP contribution in [0.1, 0.15) is 22.7 Å². The number of thiazole rings is 1. The molecule has 1 unspecified atom stereocenters. The molecule has 1 aromatic heterocycles. The third-order valence-electron chi connectivity index (χ3n) is 6.11. The van der Waals surface area contributed by atoms with Gasteiger partial charge in [0.15, 0.2) is 5.13 Å². The molecule has 3 aromatic carbocycles. The number of rotatable bonds is 5. The summed E-state index contributed by atoms with van der Waals surface area (Å²) in [5.41, 5.74) is 7.51. The number of aliphatic hydroxyl groups is 1. The summed E-state index contributed by atoms with van der Waals surface area (Å²) in [4.78, 5) is 32.1. The highest BCUT2D eigenvalue weighted by molar-refractivity contribution is 7.93. The van der Waals surface area contributed by atoms with Crippen LogP contribution in [0.4, 0.5) is 10.8 Å². The van der Waals surface area contributed by atoms with Gasteiger partial charge in [0.1, 0.15) is 9.97 Å². The van der Waals surface area contributed by atoms with Crippen LogP contribution >= 0.6 is 36.4 Å². The van der Waals surface area contributed by atoms with Crippen molar-refractivity contribution in [2.75, 3.05) is 10.6 Å². The number of hydrogen-bond donors (Lipinski definition) is 2. The SMILES string of the molecule is Cc1cc(N)ccc1C(O)=C1C(=O)C(=O)N(c2ncc(S(=O)(=O)c3ccccc3)s2)C1c1cccc(Cl)c1.S. The summed E-state index contributed by atoms with van der Waals surface area (Å²) in [6.45, 7) is 1.72. The number of benzene rings is 3. The zero-order chi connectivity index (χ0) is 27.2. The lowest BCUT2D eigenvalue weighted by Gasteiger charge is -2.23. The molecule has 1 aliphatic heterocycles. The average molecular weight is 600 g/mol. The van der Waals surface area contributed by atoms with Crippen molar-refractivity contribution in [3.8, 4) is 0 Å². The fourth-order valence-corrected chi connectivity index (χ4v) is 7.09. The summed E-state index contributed by atoms with van der Waals surface area (Å²) in [7, 11) is -3.91. The first-order valence-electron chi connectivity index (χ1n) is 11.3. The van der Waals surface area contributed by atoms with E-state index < -0.39 is 27.6 Å². The molecule has 1 fully saturated rings. The van der Waals surface area contributed by atoms with Crippen molar-refractivity contribution in [1.29, 1.82) is 0 Å². The number of amides is 1. The normalized spacial score (nSPS) is 16.8. The number of aromatic nitrogens is 1. The number of Topliss-reactive ketones (excluding diaryl/α,β-unsaturated/α-hetero) is 1. The Hall–Kier alpha value is -3.64. The summed E-state index contributed by atoms with van der Waals surface area (Å²) in [6, 6.07) is 18.0. The molecule has 4 aromatic rings. The maximum atomic E-state index is 13.4. The second-order valence-corrected chi connectivity index (χ2v) is 12.2. The Morgan fingerprint density at radius 1 is 1.05 bits per heavy atom. The monoisotopic (exact) mass is 599 g/mol. The smallest absolute Gasteiger partial charge is 0.301 e. The molecule has 39 heavy (non-hydrogen) atoms. The fourth-order valence-electron chi connectivity index (χ4n) is 4.32. The number of anilines is 2. The second-order valence-electron chi connectivity index (χ2n) is 8.58. The van der Waals surface area contributed by atoms with Gasteiger partial charge in [-0.05, 0) is 60.5 Å². The zero-order valence-electron chi connectivity index (χ0n) is 20.3. The standard InChI is InChI=1S/C27H20ClN3O5S2.H2S/c1-15-12-18(29)10-11-20(15)24(32)22-23(16-6-5-7-17(28)13-16)31(26(34)25(22)33)27-30-14-21(37-27)38(35,36)19-8-3-2-4-9-19;/h2-14,23,32H,29H2,1H3;1H2. The molecule has 1 aliphatic rings. The largest absolute Gasteiger partial charge is 0.507 e. The summed E-state index contributed by atoms with van der Waals surface area (Å²) < 4.78 is 26.2. The average Bonchev–Trinajstić information content (AvgIpc) is 3.48. The van der Waals surface area contributed by atoms with Crippen LogP contribution < -0.4 is 10.6 Å². The molecule has 1 saturated heterocycles. The van der Waals surface area contributed by atoms with E-state index in [4.69, 9.17) is 17.3 Å². The molecule has 200 valence electrons. The van der Waals surface area contributed by atoms with E-state index in [1.54, 1.807) is 67.6 Å². The van der Waals surface area contributed by atoms with Gasteiger partial charge in [-0.3, -0.25) is 14.5 Å². The number of aliphatic hydroxyl groups excluding tert-OH is 1. The molecular formula is C27H22ClN3O5S3. The third-order valence-corrected chi connectivity index (χ3v) is 9.57. The first kappa shape index (κ1) is 28.4. The van der Waals surface area contributed by atoms with Crippen LogP contribution in [0.3, 0.4) is 0 Å². The van der Waals surface area contributed by atoms with Crippen molar-refractivity contribution in [2.24, 2.45) is 0 Å². The van der Waals surface area contributed by atoms with Crippen LogP contribution in [0.25, 0.3) is 5.76 Å². The van der Waals surface area contributed by atoms with Gasteiger partial charge < -0.3 is 10.8 Å². The lowest BCUT2D eigenvalue weighted by atomic mass is 9.94. The molecule has 0 saturated carbocycles. The number of carbonyl (C=O) groups excluding carboxylic acids is 2. The minimum Gasteiger partial charge on any atom is -0.507 e. The topological polar surface area (TPSA) is 131 Å². The molecule has 3 N–H and O–H groups in total. The molecule has 1 atom stereocenters. The Bertz CT molecular complexity index is 1740. The highest BCUT2D eigenvalue weighted by Gasteiger charge is 2.48. The van der Waals surface area contributed by atoms with Crippen LogP contribution in [0, 0.1) is 6.92 Å². The molecule has 5 rings (SSSR count). The predicted molar refractivity (Wildman–Crippen MR) is 156 cm³/mol. The number of halogens is 1. The van der Waals surface area contributed by atoms with Crippen LogP contribution in [0.2, 0.25) is 5.02 Å². The zero-order valence-corrected chi connectivity index (χ0v) is 23.7. The maximum Gasteiger partial charge on any atom is 0.301 e. The number of sulfone groups is 1. The maximum absolute atomic E-state index is 13.4. The summed E-state index contributed by atoms with van der Waals surface area (Å²) >= 11 is 6.99. The minimum absolute atomic E-state index is 0. The Labute approximate surface area is 240 Å². The molecule has 8 nitrogen and oxygen atoms in total. The van der Waals surface area contributed by atoms with Crippen molar-refractivity contribution < 1.29 is 23.1 Å². The predicted octanol–water partition coefficient (Wildman–Crippen LogP) is 5.26. The molecule has 1 amide bonds. The first-order chi connectivity index (χ1) is 18.1. The number of nitrogen functional groups attached to an aromatic ring is 1. The van der Waals surface area contributed by atoms with Gasteiger partial charge in [0.05, 0.1) is 22.7 Å². The molecule has 0 spiro atoms. The van der Waals surface area contributed by atoms with E-state index >= 15 is 0 Å². The van der Waals surface area contributed by atoms with Crippen LogP contribution in [-0.4, -0.2) is 30.2 Å². The molecule has 2 heterocycles. The van der Waals surface area contributed by atoms with Gasteiger partial charge in [-0.2, -0.15) is 13.5 Å². The van der Waals surface area contributed by atoms with Crippen molar-refractivity contribution in [3.63, 3.8) is 0 Å². The van der Waals surface area contributed by atoms with Crippen molar-refractivity contribution >= 4 is 74.5 Å². The summed E-state index contributed by atoms with van der Waals surface area (Å²) in [5, 5.41) is 11.7. The van der Waals surface area contributed by atoms with Crippen LogP contribution in [0.5, 0.6) is 0 Å². The molecular weight excluding hydrogens is 578 g/mol. The van der Waals surface area contributed by atoms with Crippen LogP contribution in [0.15, 0.2) is 93.7 Å². The summed E-state index contributed by atoms with van der Waals surface area (Å²) in [5.74, 6) is -2.28. The van der Waals surface area contributed by atoms with Gasteiger partial charge in [-0.15, -0.1) is 0 Å². The number of ketones is 1. The Balaban J connectivity index is 0.00000353. The van der Waals surface area contributed by atoms with E-state index in [0.29, 0.717) is 27.4 Å². The van der Waals surface area contributed by atoms with E-state index in [1.165, 1.54) is 12.1 Å². The number of carbonyl (C=O) groups is 2. The highest BCUT2D eigenvalue weighted by atomic mass is 35.5. The lowest BCUT2D eigenvalue weighted by molar-refractivity contribution is -0.132. The number of aryl methyl sites for hydroxylation is 1. The van der Waals surface area contributed by atoms with Gasteiger partial charge in [0.25, 0.3) is 5.78 Å². The Morgan fingerprint density at radius 3 is 2.44 bits per heavy atom. The van der Waals surface area contributed by atoms with Gasteiger partial charge >= 0.3 is 5.91 Å². The quantitative estimate of drug-likeness (QED) is 0.138. The molecule has 0 bridgehead atoms. The van der Waals surface area contributed by atoms with Crippen LogP contribution in [-0.2, 0) is 19.4 Å². The Morgan fingerprint density at radius 2 is 1.77 bits per heavy atom. The van der Waals surface area contributed by atoms with Crippen molar-refractivity contribution in [1.82, 2.24) is 4.98 Å².